The summed E-state index contributed by atoms with van der Waals surface area (Å²) in [6.07, 6.45) is 2.99. The molecule has 13 heteroatoms. The highest BCUT2D eigenvalue weighted by Crippen LogP contribution is 2.35. The molecule has 4 aromatic rings. The maximum absolute atomic E-state index is 12.4. The van der Waals surface area contributed by atoms with Gasteiger partial charge in [0.15, 0.2) is 23.1 Å². The van der Waals surface area contributed by atoms with Crippen LogP contribution in [0, 0.1) is 13.8 Å². The predicted octanol–water partition coefficient (Wildman–Crippen LogP) is 2.18. The topological polar surface area (TPSA) is 166 Å². The van der Waals surface area contributed by atoms with Crippen LogP contribution in [0.25, 0.3) is 11.4 Å². The zero-order valence-electron chi connectivity index (χ0n) is 18.2. The number of hydrogen-bond acceptors (Lipinski definition) is 12. The van der Waals surface area contributed by atoms with Crippen LogP contribution in [0.5, 0.6) is 5.75 Å². The molecule has 0 atom stereocenters. The van der Waals surface area contributed by atoms with Crippen LogP contribution >= 0.6 is 0 Å². The molecule has 3 N–H and O–H groups in total. The lowest BCUT2D eigenvalue weighted by molar-refractivity contribution is 0.0958. The Morgan fingerprint density at radius 3 is 2.61 bits per heavy atom. The molecule has 0 fully saturated rings. The number of carbonyl (C=O) groups excluding carboxylic acids is 1. The van der Waals surface area contributed by atoms with E-state index in [0.29, 0.717) is 46.2 Å². The molecule has 0 saturated heterocycles. The summed E-state index contributed by atoms with van der Waals surface area (Å²) in [6, 6.07) is 5.06. The van der Waals surface area contributed by atoms with Gasteiger partial charge in [-0.1, -0.05) is 5.16 Å². The minimum atomic E-state index is -0.432. The van der Waals surface area contributed by atoms with Crippen LogP contribution in [0.3, 0.4) is 0 Å². The molecule has 13 nitrogen and oxygen atoms in total. The Bertz CT molecular complexity index is 1310. The fourth-order valence-corrected chi connectivity index (χ4v) is 2.94. The van der Waals surface area contributed by atoms with Gasteiger partial charge in [-0.3, -0.25) is 4.79 Å². The number of nitrogens with zero attached hydrogens (tertiary/aromatic N) is 7. The summed E-state index contributed by atoms with van der Waals surface area (Å²) in [4.78, 5) is 29.2. The number of aryl methyl sites for hydroxylation is 2. The van der Waals surface area contributed by atoms with Crippen LogP contribution in [-0.4, -0.2) is 55.4 Å². The zero-order valence-corrected chi connectivity index (χ0v) is 18.2. The highest BCUT2D eigenvalue weighted by atomic mass is 16.5. The maximum atomic E-state index is 12.4. The molecule has 33 heavy (non-hydrogen) atoms. The molecular weight excluding hydrogens is 428 g/mol. The number of hydrogen-bond donors (Lipinski definition) is 3. The van der Waals surface area contributed by atoms with Gasteiger partial charge in [-0.2, -0.15) is 4.98 Å². The molecule has 0 aliphatic heterocycles. The van der Waals surface area contributed by atoms with Crippen LogP contribution in [0.1, 0.15) is 22.1 Å². The average Bonchev–Trinajstić information content (AvgIpc) is 3.25. The van der Waals surface area contributed by atoms with Crippen molar-refractivity contribution < 1.29 is 14.1 Å². The summed E-state index contributed by atoms with van der Waals surface area (Å²) in [5.74, 6) is 1.88. The van der Waals surface area contributed by atoms with E-state index in [2.05, 4.69) is 51.2 Å². The quantitative estimate of drug-likeness (QED) is 0.378. The second-order valence-electron chi connectivity index (χ2n) is 6.74. The van der Waals surface area contributed by atoms with E-state index in [1.165, 1.54) is 20.5 Å². The Balaban J connectivity index is 1.73. The number of anilines is 4. The van der Waals surface area contributed by atoms with E-state index in [4.69, 9.17) is 9.26 Å². The molecular formula is C20H20N10O3. The number of amides is 1. The molecule has 168 valence electrons. The first-order valence-electron chi connectivity index (χ1n) is 9.74. The lowest BCUT2D eigenvalue weighted by atomic mass is 10.2. The van der Waals surface area contributed by atoms with Gasteiger partial charge in [-0.25, -0.2) is 15.0 Å². The SMILES string of the molecule is CNC(=O)c1nnc(Nc2cc(C)ncn2)cc1Nc1nccc(-c2noc(C)n2)c1OC. The summed E-state index contributed by atoms with van der Waals surface area (Å²) in [6.45, 7) is 3.53. The minimum absolute atomic E-state index is 0.0616. The largest absolute Gasteiger partial charge is 0.492 e. The van der Waals surface area contributed by atoms with E-state index in [1.54, 1.807) is 31.3 Å². The third kappa shape index (κ3) is 4.66. The van der Waals surface area contributed by atoms with Gasteiger partial charge in [0, 0.05) is 38.0 Å². The van der Waals surface area contributed by atoms with E-state index in [9.17, 15) is 4.79 Å². The highest BCUT2D eigenvalue weighted by Gasteiger charge is 2.20. The number of rotatable bonds is 7. The van der Waals surface area contributed by atoms with Crippen molar-refractivity contribution in [3.8, 4) is 17.1 Å². The Kier molecular flexibility index (Phi) is 6.02. The van der Waals surface area contributed by atoms with Gasteiger partial charge in [-0.15, -0.1) is 10.2 Å². The smallest absolute Gasteiger partial charge is 0.273 e. The van der Waals surface area contributed by atoms with E-state index in [-0.39, 0.29) is 5.69 Å². The number of carbonyl (C=O) groups is 1. The fraction of sp³-hybridized carbons (Fsp3) is 0.200. The maximum Gasteiger partial charge on any atom is 0.273 e. The molecule has 4 heterocycles. The normalized spacial score (nSPS) is 10.5. The molecule has 0 aliphatic carbocycles. The zero-order chi connectivity index (χ0) is 23.4. The molecule has 0 aliphatic rings. The van der Waals surface area contributed by atoms with Gasteiger partial charge in [0.25, 0.3) is 5.91 Å². The molecule has 0 saturated carbocycles. The second-order valence-corrected chi connectivity index (χ2v) is 6.74. The summed E-state index contributed by atoms with van der Waals surface area (Å²) in [5, 5.41) is 20.8. The van der Waals surface area contributed by atoms with Crippen LogP contribution in [0.4, 0.5) is 23.1 Å². The molecule has 0 aromatic carbocycles. The molecule has 4 aromatic heterocycles. The van der Waals surface area contributed by atoms with E-state index < -0.39 is 5.91 Å². The van der Waals surface area contributed by atoms with Crippen molar-refractivity contribution in [2.45, 2.75) is 13.8 Å². The Hall–Kier alpha value is -4.68. The lowest BCUT2D eigenvalue weighted by Crippen LogP contribution is -2.21. The summed E-state index contributed by atoms with van der Waals surface area (Å²) in [7, 11) is 3.00. The number of nitrogens with one attached hydrogen (secondary N) is 3. The fourth-order valence-electron chi connectivity index (χ4n) is 2.94. The standard InChI is InChI=1S/C20H20N10O3/c1-10-7-14(24-9-23-10)27-15-8-13(16(29-28-15)20(31)21-3)26-19-17(32-4)12(5-6-22-19)18-25-11(2)33-30-18/h5-9H,1-4H3,(H,21,31)(H2,22,23,24,26,27,28). The third-order valence-corrected chi connectivity index (χ3v) is 4.43. The third-order valence-electron chi connectivity index (χ3n) is 4.43. The molecule has 0 radical (unpaired) electrons. The second kappa shape index (κ2) is 9.21. The van der Waals surface area contributed by atoms with Crippen molar-refractivity contribution in [1.29, 1.82) is 0 Å². The number of pyridine rings is 1. The highest BCUT2D eigenvalue weighted by molar-refractivity contribution is 5.98. The molecule has 0 unspecified atom stereocenters. The van der Waals surface area contributed by atoms with Crippen molar-refractivity contribution in [2.75, 3.05) is 24.8 Å². The predicted molar refractivity (Wildman–Crippen MR) is 118 cm³/mol. The van der Waals surface area contributed by atoms with Crippen LogP contribution in [0.2, 0.25) is 0 Å². The van der Waals surface area contributed by atoms with Gasteiger partial charge in [-0.05, 0) is 13.0 Å². The van der Waals surface area contributed by atoms with Crippen molar-refractivity contribution in [3.63, 3.8) is 0 Å². The Morgan fingerprint density at radius 2 is 1.91 bits per heavy atom. The van der Waals surface area contributed by atoms with Gasteiger partial charge in [0.05, 0.1) is 18.4 Å². The molecule has 4 rings (SSSR count). The van der Waals surface area contributed by atoms with Crippen molar-refractivity contribution in [1.82, 2.24) is 40.6 Å². The van der Waals surface area contributed by atoms with E-state index >= 15 is 0 Å². The first kappa shape index (κ1) is 21.5. The Labute approximate surface area is 188 Å². The summed E-state index contributed by atoms with van der Waals surface area (Å²) in [5.41, 5.74) is 1.74. The molecule has 0 spiro atoms. The number of aromatic nitrogens is 7. The summed E-state index contributed by atoms with van der Waals surface area (Å²) < 4.78 is 10.6. The van der Waals surface area contributed by atoms with Crippen LogP contribution in [-0.2, 0) is 0 Å². The molecule has 1 amide bonds. The van der Waals surface area contributed by atoms with Crippen LogP contribution in [0.15, 0.2) is 35.2 Å². The van der Waals surface area contributed by atoms with Crippen molar-refractivity contribution in [2.24, 2.45) is 0 Å². The lowest BCUT2D eigenvalue weighted by Gasteiger charge is -2.15. The van der Waals surface area contributed by atoms with E-state index in [0.717, 1.165) is 5.69 Å². The van der Waals surface area contributed by atoms with E-state index in [1.807, 2.05) is 6.92 Å². The van der Waals surface area contributed by atoms with Crippen molar-refractivity contribution >= 4 is 29.0 Å². The summed E-state index contributed by atoms with van der Waals surface area (Å²) >= 11 is 0. The van der Waals surface area contributed by atoms with Crippen LogP contribution < -0.4 is 20.7 Å². The molecule has 0 bridgehead atoms. The van der Waals surface area contributed by atoms with Gasteiger partial charge in [0.2, 0.25) is 11.7 Å². The van der Waals surface area contributed by atoms with Crippen molar-refractivity contribution in [3.05, 3.63) is 48.0 Å². The first-order valence-corrected chi connectivity index (χ1v) is 9.74. The van der Waals surface area contributed by atoms with Gasteiger partial charge in [0.1, 0.15) is 12.1 Å². The first-order chi connectivity index (χ1) is 16.0. The number of methoxy groups -OCH3 is 1. The average molecular weight is 448 g/mol. The Morgan fingerprint density at radius 1 is 1.06 bits per heavy atom. The monoisotopic (exact) mass is 448 g/mol. The van der Waals surface area contributed by atoms with Gasteiger partial charge >= 0.3 is 0 Å². The number of ether oxygens (including phenoxy) is 1. The minimum Gasteiger partial charge on any atom is -0.492 e. The van der Waals surface area contributed by atoms with Gasteiger partial charge < -0.3 is 25.2 Å².